The Morgan fingerprint density at radius 3 is 2.83 bits per heavy atom. The maximum absolute atomic E-state index is 14.1. The molecule has 1 aliphatic heterocycles. The van der Waals surface area contributed by atoms with Gasteiger partial charge < -0.3 is 10.1 Å². The quantitative estimate of drug-likeness (QED) is 0.904. The predicted octanol–water partition coefficient (Wildman–Crippen LogP) is 4.30. The number of aromatic nitrogens is 1. The van der Waals surface area contributed by atoms with Crippen LogP contribution in [-0.4, -0.2) is 11.6 Å². The van der Waals surface area contributed by atoms with Crippen molar-refractivity contribution in [3.8, 4) is 5.75 Å². The molecule has 4 rings (SSSR count). The highest BCUT2D eigenvalue weighted by molar-refractivity contribution is 7.11. The zero-order chi connectivity index (χ0) is 15.8. The summed E-state index contributed by atoms with van der Waals surface area (Å²) in [7, 11) is 0. The van der Waals surface area contributed by atoms with Gasteiger partial charge in [0.2, 0.25) is 0 Å². The summed E-state index contributed by atoms with van der Waals surface area (Å²) < 4.78 is 33.2. The Morgan fingerprint density at radius 2 is 2.04 bits per heavy atom. The number of thiazole rings is 1. The van der Waals surface area contributed by atoms with Crippen LogP contribution in [0.3, 0.4) is 0 Å². The van der Waals surface area contributed by atoms with E-state index in [4.69, 9.17) is 4.74 Å². The van der Waals surface area contributed by atoms with Gasteiger partial charge in [-0.25, -0.2) is 13.8 Å². The molecule has 3 nitrogen and oxygen atoms in total. The van der Waals surface area contributed by atoms with E-state index in [9.17, 15) is 8.78 Å². The van der Waals surface area contributed by atoms with Gasteiger partial charge in [0.1, 0.15) is 5.82 Å². The van der Waals surface area contributed by atoms with Crippen molar-refractivity contribution in [1.82, 2.24) is 10.3 Å². The molecule has 2 aromatic rings. The second-order valence-electron chi connectivity index (χ2n) is 6.14. The molecule has 1 aliphatic carbocycles. The van der Waals surface area contributed by atoms with E-state index >= 15 is 0 Å². The van der Waals surface area contributed by atoms with Gasteiger partial charge in [0.25, 0.3) is 0 Å². The maximum Gasteiger partial charge on any atom is 0.165 e. The van der Waals surface area contributed by atoms with Crippen molar-refractivity contribution in [2.75, 3.05) is 6.61 Å². The van der Waals surface area contributed by atoms with Gasteiger partial charge in [0.15, 0.2) is 11.6 Å². The Hall–Kier alpha value is -1.53. The first-order valence-corrected chi connectivity index (χ1v) is 8.82. The van der Waals surface area contributed by atoms with E-state index in [-0.39, 0.29) is 11.8 Å². The van der Waals surface area contributed by atoms with Crippen LogP contribution in [0.15, 0.2) is 18.3 Å². The summed E-state index contributed by atoms with van der Waals surface area (Å²) >= 11 is 1.72. The lowest BCUT2D eigenvalue weighted by Crippen LogP contribution is -2.28. The van der Waals surface area contributed by atoms with E-state index in [0.717, 1.165) is 10.9 Å². The fourth-order valence-electron chi connectivity index (χ4n) is 3.12. The maximum atomic E-state index is 14.1. The lowest BCUT2D eigenvalue weighted by molar-refractivity contribution is 0.235. The highest BCUT2D eigenvalue weighted by atomic mass is 32.1. The summed E-state index contributed by atoms with van der Waals surface area (Å²) in [6, 6.07) is 2.05. The van der Waals surface area contributed by atoms with Crippen molar-refractivity contribution in [3.05, 3.63) is 45.4 Å². The van der Waals surface area contributed by atoms with E-state index in [2.05, 4.69) is 10.3 Å². The number of fused-ring (bicyclic) bond motifs is 1. The first-order chi connectivity index (χ1) is 11.2. The largest absolute Gasteiger partial charge is 0.490 e. The lowest BCUT2D eigenvalue weighted by Gasteiger charge is -2.27. The van der Waals surface area contributed by atoms with E-state index < -0.39 is 11.6 Å². The zero-order valence-electron chi connectivity index (χ0n) is 12.6. The van der Waals surface area contributed by atoms with Crippen molar-refractivity contribution in [2.45, 2.75) is 44.2 Å². The minimum absolute atomic E-state index is 0.0493. The molecule has 23 heavy (non-hydrogen) atoms. The average molecular weight is 336 g/mol. The van der Waals surface area contributed by atoms with E-state index in [0.29, 0.717) is 31.1 Å². The molecule has 0 bridgehead atoms. The standard InChI is InChI=1S/C17H18F2N2OS/c18-12-4-5-13(19)16-15(12)14(6-7-22-16)20-8-11-9-21-17(23-11)10-2-1-3-10/h4-5,9-10,14,20H,1-3,6-8H2/t14-/m1/s1. The lowest BCUT2D eigenvalue weighted by atomic mass is 9.86. The van der Waals surface area contributed by atoms with Gasteiger partial charge in [0, 0.05) is 41.6 Å². The Balaban J connectivity index is 1.48. The SMILES string of the molecule is Fc1ccc(F)c2c1OCC[C@H]2NCc1cnc(C2CCC2)s1. The number of rotatable bonds is 4. The van der Waals surface area contributed by atoms with Crippen LogP contribution >= 0.6 is 11.3 Å². The van der Waals surface area contributed by atoms with Gasteiger partial charge in [0.05, 0.1) is 11.6 Å². The van der Waals surface area contributed by atoms with Crippen LogP contribution in [0, 0.1) is 11.6 Å². The molecule has 0 saturated heterocycles. The van der Waals surface area contributed by atoms with Crippen LogP contribution in [0.5, 0.6) is 5.75 Å². The van der Waals surface area contributed by atoms with Gasteiger partial charge in [-0.2, -0.15) is 0 Å². The van der Waals surface area contributed by atoms with E-state index in [1.165, 1.54) is 30.3 Å². The molecule has 122 valence electrons. The first-order valence-electron chi connectivity index (χ1n) is 8.01. The fourth-order valence-corrected chi connectivity index (χ4v) is 4.16. The normalized spacial score (nSPS) is 20.7. The molecule has 1 aromatic heterocycles. The molecule has 1 aromatic carbocycles. The van der Waals surface area contributed by atoms with Crippen molar-refractivity contribution >= 4 is 11.3 Å². The topological polar surface area (TPSA) is 34.1 Å². The van der Waals surface area contributed by atoms with E-state index in [1.807, 2.05) is 6.20 Å². The number of ether oxygens (including phenoxy) is 1. The second-order valence-corrected chi connectivity index (χ2v) is 7.28. The summed E-state index contributed by atoms with van der Waals surface area (Å²) in [5, 5.41) is 4.54. The third-order valence-electron chi connectivity index (χ3n) is 4.64. The van der Waals surface area contributed by atoms with Crippen LogP contribution in [0.1, 0.15) is 53.1 Å². The molecule has 0 amide bonds. The van der Waals surface area contributed by atoms with Crippen molar-refractivity contribution in [3.63, 3.8) is 0 Å². The molecule has 2 heterocycles. The Morgan fingerprint density at radius 1 is 1.22 bits per heavy atom. The first kappa shape index (κ1) is 15.0. The van der Waals surface area contributed by atoms with Gasteiger partial charge in [-0.1, -0.05) is 6.42 Å². The monoisotopic (exact) mass is 336 g/mol. The molecular formula is C17H18F2N2OS. The number of hydrogen-bond donors (Lipinski definition) is 1. The Labute approximate surface area is 137 Å². The number of nitrogens with one attached hydrogen (secondary N) is 1. The number of hydrogen-bond acceptors (Lipinski definition) is 4. The minimum atomic E-state index is -0.502. The second kappa shape index (κ2) is 6.17. The molecule has 0 spiro atoms. The molecule has 0 unspecified atom stereocenters. The van der Waals surface area contributed by atoms with Crippen LogP contribution in [0.25, 0.3) is 0 Å². The number of halogens is 2. The summed E-state index contributed by atoms with van der Waals surface area (Å²) in [5.41, 5.74) is 0.306. The summed E-state index contributed by atoms with van der Waals surface area (Å²) in [6.07, 6.45) is 6.28. The predicted molar refractivity (Wildman–Crippen MR) is 84.8 cm³/mol. The third kappa shape index (κ3) is 2.85. The van der Waals surface area contributed by atoms with E-state index in [1.54, 1.807) is 11.3 Å². The smallest absolute Gasteiger partial charge is 0.165 e. The van der Waals surface area contributed by atoms with Crippen LogP contribution in [0.4, 0.5) is 8.78 Å². The molecule has 1 atom stereocenters. The van der Waals surface area contributed by atoms with Crippen LogP contribution in [-0.2, 0) is 6.54 Å². The molecule has 2 aliphatic rings. The highest BCUT2D eigenvalue weighted by Gasteiger charge is 2.28. The van der Waals surface area contributed by atoms with Gasteiger partial charge in [-0.05, 0) is 25.0 Å². The molecule has 6 heteroatoms. The van der Waals surface area contributed by atoms with Crippen molar-refractivity contribution < 1.29 is 13.5 Å². The molecule has 0 radical (unpaired) electrons. The summed E-state index contributed by atoms with van der Waals surface area (Å²) in [5.74, 6) is -0.242. The summed E-state index contributed by atoms with van der Waals surface area (Å²) in [4.78, 5) is 5.63. The third-order valence-corrected chi connectivity index (χ3v) is 5.80. The molecule has 1 N–H and O–H groups in total. The molecule has 1 saturated carbocycles. The highest BCUT2D eigenvalue weighted by Crippen LogP contribution is 2.39. The van der Waals surface area contributed by atoms with Crippen molar-refractivity contribution in [1.29, 1.82) is 0 Å². The van der Waals surface area contributed by atoms with Gasteiger partial charge >= 0.3 is 0 Å². The summed E-state index contributed by atoms with van der Waals surface area (Å²) in [6.45, 7) is 1.01. The Bertz CT molecular complexity index is 715. The fraction of sp³-hybridized carbons (Fsp3) is 0.471. The van der Waals surface area contributed by atoms with Crippen molar-refractivity contribution in [2.24, 2.45) is 0 Å². The van der Waals surface area contributed by atoms with Crippen LogP contribution < -0.4 is 10.1 Å². The Kier molecular flexibility index (Phi) is 4.03. The number of nitrogens with zero attached hydrogens (tertiary/aromatic N) is 1. The average Bonchev–Trinajstić information content (AvgIpc) is 2.95. The van der Waals surface area contributed by atoms with Crippen LogP contribution in [0.2, 0.25) is 0 Å². The molecular weight excluding hydrogens is 318 g/mol. The number of benzene rings is 1. The zero-order valence-corrected chi connectivity index (χ0v) is 13.5. The molecule has 1 fully saturated rings. The van der Waals surface area contributed by atoms with Gasteiger partial charge in [-0.3, -0.25) is 0 Å². The van der Waals surface area contributed by atoms with Gasteiger partial charge in [-0.15, -0.1) is 11.3 Å². The minimum Gasteiger partial charge on any atom is -0.490 e.